The van der Waals surface area contributed by atoms with Crippen molar-refractivity contribution in [3.05, 3.63) is 11.9 Å². The van der Waals surface area contributed by atoms with Crippen molar-refractivity contribution in [3.63, 3.8) is 0 Å². The molecule has 1 fully saturated rings. The van der Waals surface area contributed by atoms with E-state index in [2.05, 4.69) is 31.1 Å². The molecule has 0 radical (unpaired) electrons. The van der Waals surface area contributed by atoms with Gasteiger partial charge in [-0.05, 0) is 6.42 Å². The highest BCUT2D eigenvalue weighted by Crippen LogP contribution is 2.19. The molecule has 0 aromatic carbocycles. The number of hydrogen-bond acceptors (Lipinski definition) is 4. The summed E-state index contributed by atoms with van der Waals surface area (Å²) in [5.74, 6) is 0. The largest absolute Gasteiger partial charge is 0.353 e. The highest BCUT2D eigenvalue weighted by Gasteiger charge is 2.19. The van der Waals surface area contributed by atoms with Crippen molar-refractivity contribution in [3.8, 4) is 0 Å². The van der Waals surface area contributed by atoms with Gasteiger partial charge in [0.15, 0.2) is 6.29 Å². The summed E-state index contributed by atoms with van der Waals surface area (Å²) in [7, 11) is 0. The molecule has 17 heavy (non-hydrogen) atoms. The average molecular weight is 239 g/mol. The zero-order valence-corrected chi connectivity index (χ0v) is 10.8. The van der Waals surface area contributed by atoms with Crippen molar-refractivity contribution in [1.82, 2.24) is 15.0 Å². The van der Waals surface area contributed by atoms with Crippen molar-refractivity contribution in [2.45, 2.75) is 51.9 Å². The lowest BCUT2D eigenvalue weighted by molar-refractivity contribution is -0.182. The monoisotopic (exact) mass is 239 g/mol. The molecule has 96 valence electrons. The summed E-state index contributed by atoms with van der Waals surface area (Å²) in [6.45, 7) is 8.79. The van der Waals surface area contributed by atoms with Gasteiger partial charge in [0.05, 0.1) is 18.9 Å². The lowest BCUT2D eigenvalue weighted by Gasteiger charge is -2.22. The predicted molar refractivity (Wildman–Crippen MR) is 63.6 cm³/mol. The summed E-state index contributed by atoms with van der Waals surface area (Å²) < 4.78 is 12.8. The van der Waals surface area contributed by atoms with Gasteiger partial charge in [-0.25, -0.2) is 0 Å². The Labute approximate surface area is 102 Å². The number of rotatable bonds is 3. The van der Waals surface area contributed by atoms with Crippen LogP contribution in [0.3, 0.4) is 0 Å². The fraction of sp³-hybridized carbons (Fsp3) is 0.833. The first kappa shape index (κ1) is 12.5. The van der Waals surface area contributed by atoms with E-state index in [1.54, 1.807) is 0 Å². The molecule has 5 nitrogen and oxygen atoms in total. The van der Waals surface area contributed by atoms with Crippen molar-refractivity contribution in [2.24, 2.45) is 0 Å². The van der Waals surface area contributed by atoms with E-state index in [-0.39, 0.29) is 11.7 Å². The summed E-state index contributed by atoms with van der Waals surface area (Å²) in [5.41, 5.74) is 1.07. The van der Waals surface area contributed by atoms with Crippen LogP contribution in [0.4, 0.5) is 0 Å². The maximum Gasteiger partial charge on any atom is 0.159 e. The lowest BCUT2D eigenvalue weighted by atomic mass is 9.93. The smallest absolute Gasteiger partial charge is 0.159 e. The highest BCUT2D eigenvalue weighted by atomic mass is 16.7. The fourth-order valence-corrected chi connectivity index (χ4v) is 1.69. The van der Waals surface area contributed by atoms with Crippen LogP contribution in [0.5, 0.6) is 0 Å². The number of aromatic nitrogens is 3. The molecule has 0 bridgehead atoms. The molecule has 1 saturated heterocycles. The standard InChI is InChI=1S/C12H21N3O2/c1-12(2,3)10-9-15(14-13-10)6-5-11-16-7-4-8-17-11/h9,11H,4-8H2,1-3H3. The molecule has 0 amide bonds. The Balaban J connectivity index is 1.84. The quantitative estimate of drug-likeness (QED) is 0.806. The van der Waals surface area contributed by atoms with Crippen LogP contribution in [0, 0.1) is 0 Å². The van der Waals surface area contributed by atoms with Crippen molar-refractivity contribution < 1.29 is 9.47 Å². The van der Waals surface area contributed by atoms with E-state index in [0.717, 1.165) is 38.3 Å². The molecule has 5 heteroatoms. The summed E-state index contributed by atoms with van der Waals surface area (Å²) in [4.78, 5) is 0. The van der Waals surface area contributed by atoms with Gasteiger partial charge in [0.1, 0.15) is 0 Å². The molecule has 1 aliphatic rings. The maximum atomic E-state index is 5.49. The minimum absolute atomic E-state index is 0.0517. The normalized spacial score (nSPS) is 18.5. The van der Waals surface area contributed by atoms with Crippen LogP contribution in [0.1, 0.15) is 39.3 Å². The van der Waals surface area contributed by atoms with Gasteiger partial charge in [0.25, 0.3) is 0 Å². The summed E-state index contributed by atoms with van der Waals surface area (Å²) in [6, 6.07) is 0. The van der Waals surface area contributed by atoms with E-state index >= 15 is 0 Å². The van der Waals surface area contributed by atoms with Crippen molar-refractivity contribution in [1.29, 1.82) is 0 Å². The predicted octanol–water partition coefficient (Wildman–Crippen LogP) is 1.73. The van der Waals surface area contributed by atoms with E-state index in [0.29, 0.717) is 0 Å². The van der Waals surface area contributed by atoms with Crippen LogP contribution >= 0.6 is 0 Å². The first-order valence-electron chi connectivity index (χ1n) is 6.19. The third-order valence-electron chi connectivity index (χ3n) is 2.80. The minimum atomic E-state index is -0.0777. The maximum absolute atomic E-state index is 5.49. The van der Waals surface area contributed by atoms with Gasteiger partial charge in [-0.1, -0.05) is 26.0 Å². The Bertz CT molecular complexity index is 351. The molecule has 0 atom stereocenters. The third kappa shape index (κ3) is 3.51. The van der Waals surface area contributed by atoms with Crippen LogP contribution in [0.25, 0.3) is 0 Å². The van der Waals surface area contributed by atoms with Crippen LogP contribution in [0.15, 0.2) is 6.20 Å². The second-order valence-corrected chi connectivity index (χ2v) is 5.43. The third-order valence-corrected chi connectivity index (χ3v) is 2.80. The van der Waals surface area contributed by atoms with Gasteiger partial charge >= 0.3 is 0 Å². The van der Waals surface area contributed by atoms with Crippen LogP contribution in [-0.2, 0) is 21.4 Å². The lowest BCUT2D eigenvalue weighted by Crippen LogP contribution is -2.26. The van der Waals surface area contributed by atoms with E-state index in [4.69, 9.17) is 9.47 Å². The van der Waals surface area contributed by atoms with E-state index in [1.165, 1.54) is 0 Å². The second kappa shape index (κ2) is 5.14. The van der Waals surface area contributed by atoms with Crippen LogP contribution in [0.2, 0.25) is 0 Å². The molecule has 0 spiro atoms. The minimum Gasteiger partial charge on any atom is -0.353 e. The van der Waals surface area contributed by atoms with Crippen LogP contribution in [-0.4, -0.2) is 34.5 Å². The van der Waals surface area contributed by atoms with E-state index in [1.807, 2.05) is 10.9 Å². The van der Waals surface area contributed by atoms with Gasteiger partial charge in [0, 0.05) is 24.6 Å². The summed E-state index contributed by atoms with van der Waals surface area (Å²) in [6.07, 6.45) is 3.75. The van der Waals surface area contributed by atoms with Crippen LogP contribution < -0.4 is 0 Å². The molecule has 0 unspecified atom stereocenters. The molecule has 2 heterocycles. The Morgan fingerprint density at radius 1 is 1.35 bits per heavy atom. The zero-order valence-electron chi connectivity index (χ0n) is 10.8. The molecular formula is C12H21N3O2. The van der Waals surface area contributed by atoms with Crippen molar-refractivity contribution in [2.75, 3.05) is 13.2 Å². The molecule has 1 aromatic heterocycles. The summed E-state index contributed by atoms with van der Waals surface area (Å²) >= 11 is 0. The number of ether oxygens (including phenoxy) is 2. The average Bonchev–Trinajstić information content (AvgIpc) is 2.76. The van der Waals surface area contributed by atoms with E-state index < -0.39 is 0 Å². The van der Waals surface area contributed by atoms with Gasteiger partial charge in [-0.15, -0.1) is 5.10 Å². The topological polar surface area (TPSA) is 49.2 Å². The SMILES string of the molecule is CC(C)(C)c1cn(CCC2OCCCO2)nn1. The van der Waals surface area contributed by atoms with Gasteiger partial charge in [0.2, 0.25) is 0 Å². The van der Waals surface area contributed by atoms with Gasteiger partial charge < -0.3 is 9.47 Å². The molecule has 0 aliphatic carbocycles. The Morgan fingerprint density at radius 3 is 2.65 bits per heavy atom. The Kier molecular flexibility index (Phi) is 3.79. The van der Waals surface area contributed by atoms with Gasteiger partial charge in [-0.3, -0.25) is 4.68 Å². The molecule has 2 rings (SSSR count). The molecule has 1 aromatic rings. The first-order valence-corrected chi connectivity index (χ1v) is 6.19. The fourth-order valence-electron chi connectivity index (χ4n) is 1.69. The molecule has 0 N–H and O–H groups in total. The summed E-state index contributed by atoms with van der Waals surface area (Å²) in [5, 5.41) is 8.31. The molecular weight excluding hydrogens is 218 g/mol. The second-order valence-electron chi connectivity index (χ2n) is 5.43. The van der Waals surface area contributed by atoms with E-state index in [9.17, 15) is 0 Å². The Hall–Kier alpha value is -0.940. The first-order chi connectivity index (χ1) is 8.05. The number of hydrogen-bond donors (Lipinski definition) is 0. The zero-order chi connectivity index (χ0) is 12.3. The number of aryl methyl sites for hydroxylation is 1. The highest BCUT2D eigenvalue weighted by molar-refractivity contribution is 5.06. The molecule has 0 saturated carbocycles. The number of nitrogens with zero attached hydrogens (tertiary/aromatic N) is 3. The van der Waals surface area contributed by atoms with Crippen molar-refractivity contribution >= 4 is 0 Å². The van der Waals surface area contributed by atoms with Gasteiger partial charge in [-0.2, -0.15) is 0 Å². The Morgan fingerprint density at radius 2 is 2.06 bits per heavy atom. The molecule has 1 aliphatic heterocycles.